The summed E-state index contributed by atoms with van der Waals surface area (Å²) in [5.41, 5.74) is 1.26. The molecule has 0 atom stereocenters. The Kier molecular flexibility index (Phi) is 8.94. The Hall–Kier alpha value is -0.600. The van der Waals surface area contributed by atoms with Crippen molar-refractivity contribution >= 4 is 52.6 Å². The zero-order valence-electron chi connectivity index (χ0n) is 12.4. The molecule has 116 valence electrons. The SMILES string of the molecule is CCNC(=NCc1ccsc1)NCc1ccc(CC)s1.I. The number of hydrogen-bond acceptors (Lipinski definition) is 3. The number of nitrogens with zero attached hydrogens (tertiary/aromatic N) is 1. The maximum Gasteiger partial charge on any atom is 0.191 e. The van der Waals surface area contributed by atoms with E-state index in [4.69, 9.17) is 0 Å². The average Bonchev–Trinajstić information content (AvgIpc) is 3.13. The van der Waals surface area contributed by atoms with Crippen LogP contribution in [0.5, 0.6) is 0 Å². The molecule has 0 aliphatic heterocycles. The van der Waals surface area contributed by atoms with Crippen LogP contribution in [0.25, 0.3) is 0 Å². The maximum atomic E-state index is 4.60. The van der Waals surface area contributed by atoms with Crippen molar-refractivity contribution in [3.05, 3.63) is 44.3 Å². The molecule has 0 saturated heterocycles. The lowest BCUT2D eigenvalue weighted by molar-refractivity contribution is 0.824. The minimum atomic E-state index is 0. The first-order chi connectivity index (χ1) is 9.81. The van der Waals surface area contributed by atoms with Gasteiger partial charge in [-0.1, -0.05) is 6.92 Å². The molecule has 2 aromatic heterocycles. The Labute approximate surface area is 151 Å². The standard InChI is InChI=1S/C15H21N3S2.HI/c1-3-13-5-6-14(20-13)10-18-15(16-4-2)17-9-12-7-8-19-11-12;/h5-8,11H,3-4,9-10H2,1-2H3,(H2,16,17,18);1H. The number of halogens is 1. The summed E-state index contributed by atoms with van der Waals surface area (Å²) >= 11 is 3.58. The summed E-state index contributed by atoms with van der Waals surface area (Å²) in [7, 11) is 0. The predicted molar refractivity (Wildman–Crippen MR) is 105 cm³/mol. The minimum absolute atomic E-state index is 0. The molecule has 0 spiro atoms. The number of aliphatic imine (C=N–C) groups is 1. The summed E-state index contributed by atoms with van der Waals surface area (Å²) in [4.78, 5) is 7.39. The highest BCUT2D eigenvalue weighted by Crippen LogP contribution is 2.16. The van der Waals surface area contributed by atoms with Crippen LogP contribution >= 0.6 is 46.7 Å². The van der Waals surface area contributed by atoms with Crippen molar-refractivity contribution < 1.29 is 0 Å². The lowest BCUT2D eigenvalue weighted by atomic mass is 10.3. The summed E-state index contributed by atoms with van der Waals surface area (Å²) < 4.78 is 0. The van der Waals surface area contributed by atoms with Crippen LogP contribution in [-0.2, 0) is 19.5 Å². The van der Waals surface area contributed by atoms with Crippen LogP contribution in [0.4, 0.5) is 0 Å². The van der Waals surface area contributed by atoms with Gasteiger partial charge >= 0.3 is 0 Å². The van der Waals surface area contributed by atoms with Crippen LogP contribution in [0.15, 0.2) is 34.0 Å². The van der Waals surface area contributed by atoms with Crippen molar-refractivity contribution in [1.29, 1.82) is 0 Å². The second-order valence-corrected chi connectivity index (χ2v) is 6.43. The highest BCUT2D eigenvalue weighted by Gasteiger charge is 2.01. The number of thiophene rings is 2. The van der Waals surface area contributed by atoms with Crippen molar-refractivity contribution in [2.45, 2.75) is 33.4 Å². The zero-order chi connectivity index (χ0) is 14.2. The van der Waals surface area contributed by atoms with Gasteiger partial charge in [0.1, 0.15) is 0 Å². The van der Waals surface area contributed by atoms with E-state index in [9.17, 15) is 0 Å². The van der Waals surface area contributed by atoms with E-state index in [0.717, 1.165) is 32.0 Å². The van der Waals surface area contributed by atoms with E-state index < -0.39 is 0 Å². The van der Waals surface area contributed by atoms with Crippen LogP contribution in [0, 0.1) is 0 Å². The number of nitrogens with one attached hydrogen (secondary N) is 2. The molecule has 0 amide bonds. The molecule has 0 fully saturated rings. The van der Waals surface area contributed by atoms with Gasteiger partial charge in [0.05, 0.1) is 13.1 Å². The molecule has 0 bridgehead atoms. The van der Waals surface area contributed by atoms with Gasteiger partial charge in [-0.15, -0.1) is 35.3 Å². The van der Waals surface area contributed by atoms with Crippen molar-refractivity contribution in [1.82, 2.24) is 10.6 Å². The van der Waals surface area contributed by atoms with Gasteiger partial charge in [-0.3, -0.25) is 0 Å². The number of guanidine groups is 1. The molecular formula is C15H22IN3S2. The zero-order valence-corrected chi connectivity index (χ0v) is 16.4. The minimum Gasteiger partial charge on any atom is -0.357 e. The van der Waals surface area contributed by atoms with E-state index >= 15 is 0 Å². The molecule has 2 rings (SSSR count). The second kappa shape index (κ2) is 10.2. The summed E-state index contributed by atoms with van der Waals surface area (Å²) in [6.07, 6.45) is 1.11. The van der Waals surface area contributed by atoms with Crippen molar-refractivity contribution in [2.75, 3.05) is 6.54 Å². The fourth-order valence-electron chi connectivity index (χ4n) is 1.77. The summed E-state index contributed by atoms with van der Waals surface area (Å²) in [5.74, 6) is 0.880. The molecule has 3 nitrogen and oxygen atoms in total. The van der Waals surface area contributed by atoms with Crippen LogP contribution in [-0.4, -0.2) is 12.5 Å². The van der Waals surface area contributed by atoms with Crippen LogP contribution in [0.3, 0.4) is 0 Å². The van der Waals surface area contributed by atoms with Crippen molar-refractivity contribution in [3.63, 3.8) is 0 Å². The normalized spacial score (nSPS) is 11.0. The molecule has 2 N–H and O–H groups in total. The Balaban J connectivity index is 0.00000220. The monoisotopic (exact) mass is 435 g/mol. The number of aryl methyl sites for hydroxylation is 1. The Morgan fingerprint density at radius 1 is 1.14 bits per heavy atom. The summed E-state index contributed by atoms with van der Waals surface area (Å²) in [6.45, 7) is 6.71. The summed E-state index contributed by atoms with van der Waals surface area (Å²) in [6, 6.07) is 6.51. The van der Waals surface area contributed by atoms with Gasteiger partial charge in [-0.05, 0) is 47.9 Å². The van der Waals surface area contributed by atoms with Gasteiger partial charge in [-0.2, -0.15) is 11.3 Å². The molecule has 2 heterocycles. The average molecular weight is 435 g/mol. The van der Waals surface area contributed by atoms with E-state index in [1.807, 2.05) is 11.3 Å². The van der Waals surface area contributed by atoms with E-state index in [-0.39, 0.29) is 24.0 Å². The molecule has 0 radical (unpaired) electrons. The Morgan fingerprint density at radius 2 is 1.95 bits per heavy atom. The molecular weight excluding hydrogens is 413 g/mol. The Morgan fingerprint density at radius 3 is 2.57 bits per heavy atom. The lowest BCUT2D eigenvalue weighted by Crippen LogP contribution is -2.36. The van der Waals surface area contributed by atoms with E-state index in [0.29, 0.717) is 0 Å². The number of rotatable bonds is 6. The second-order valence-electron chi connectivity index (χ2n) is 4.40. The number of hydrogen-bond donors (Lipinski definition) is 2. The lowest BCUT2D eigenvalue weighted by Gasteiger charge is -2.10. The van der Waals surface area contributed by atoms with Crippen molar-refractivity contribution in [3.8, 4) is 0 Å². The smallest absolute Gasteiger partial charge is 0.191 e. The Bertz CT molecular complexity index is 535. The van der Waals surface area contributed by atoms with Crippen LogP contribution < -0.4 is 10.6 Å². The summed E-state index contributed by atoms with van der Waals surface area (Å²) in [5, 5.41) is 10.9. The molecule has 6 heteroatoms. The topological polar surface area (TPSA) is 36.4 Å². The molecule has 0 aliphatic carbocycles. The fourth-order valence-corrected chi connectivity index (χ4v) is 3.33. The third-order valence-corrected chi connectivity index (χ3v) is 4.80. The van der Waals surface area contributed by atoms with E-state index in [2.05, 4.69) is 58.4 Å². The van der Waals surface area contributed by atoms with Gasteiger partial charge in [0, 0.05) is 16.3 Å². The highest BCUT2D eigenvalue weighted by molar-refractivity contribution is 14.0. The van der Waals surface area contributed by atoms with Crippen LogP contribution in [0.1, 0.15) is 29.2 Å². The van der Waals surface area contributed by atoms with E-state index in [1.54, 1.807) is 11.3 Å². The highest BCUT2D eigenvalue weighted by atomic mass is 127. The van der Waals surface area contributed by atoms with Gasteiger partial charge in [-0.25, -0.2) is 4.99 Å². The fraction of sp³-hybridized carbons (Fsp3) is 0.400. The van der Waals surface area contributed by atoms with Crippen LogP contribution in [0.2, 0.25) is 0 Å². The molecule has 21 heavy (non-hydrogen) atoms. The first kappa shape index (κ1) is 18.4. The quantitative estimate of drug-likeness (QED) is 0.405. The molecule has 0 aromatic carbocycles. The largest absolute Gasteiger partial charge is 0.357 e. The molecule has 2 aromatic rings. The van der Waals surface area contributed by atoms with E-state index in [1.165, 1.54) is 15.3 Å². The molecule has 0 aliphatic rings. The third-order valence-electron chi connectivity index (χ3n) is 2.84. The predicted octanol–water partition coefficient (Wildman–Crippen LogP) is 4.25. The third kappa shape index (κ3) is 6.36. The first-order valence-electron chi connectivity index (χ1n) is 6.92. The molecule has 0 saturated carbocycles. The van der Waals surface area contributed by atoms with Gasteiger partial charge in [0.2, 0.25) is 0 Å². The first-order valence-corrected chi connectivity index (χ1v) is 8.68. The molecule has 0 unspecified atom stereocenters. The van der Waals surface area contributed by atoms with Crippen molar-refractivity contribution in [2.24, 2.45) is 4.99 Å². The maximum absolute atomic E-state index is 4.60. The van der Waals surface area contributed by atoms with Gasteiger partial charge in [0.15, 0.2) is 5.96 Å². The van der Waals surface area contributed by atoms with Gasteiger partial charge < -0.3 is 10.6 Å². The van der Waals surface area contributed by atoms with Gasteiger partial charge in [0.25, 0.3) is 0 Å².